The van der Waals surface area contributed by atoms with Crippen molar-refractivity contribution in [2.75, 3.05) is 0 Å². The van der Waals surface area contributed by atoms with Crippen molar-refractivity contribution in [2.24, 2.45) is 0 Å². The molecule has 0 radical (unpaired) electrons. The van der Waals surface area contributed by atoms with Gasteiger partial charge in [0.1, 0.15) is 11.6 Å². The number of carbonyl (C=O) groups is 1. The Balaban J connectivity index is 1.97. The van der Waals surface area contributed by atoms with Gasteiger partial charge in [-0.25, -0.2) is 9.37 Å². The SMILES string of the molecule is C/C(=C\C(=O)NCc1n[nH]c(C)n1)c1cccc(F)c1. The molecule has 0 saturated carbocycles. The van der Waals surface area contributed by atoms with Crippen LogP contribution in [-0.4, -0.2) is 21.1 Å². The molecule has 1 aromatic carbocycles. The number of nitrogens with zero attached hydrogens (tertiary/aromatic N) is 2. The van der Waals surface area contributed by atoms with E-state index in [0.717, 1.165) is 0 Å². The van der Waals surface area contributed by atoms with Gasteiger partial charge in [-0.2, -0.15) is 5.10 Å². The Morgan fingerprint density at radius 1 is 1.50 bits per heavy atom. The number of carbonyl (C=O) groups excluding carboxylic acids is 1. The first-order chi connectivity index (χ1) is 9.54. The molecule has 0 atom stereocenters. The lowest BCUT2D eigenvalue weighted by molar-refractivity contribution is -0.116. The molecule has 0 saturated heterocycles. The molecule has 1 amide bonds. The molecule has 6 heteroatoms. The molecule has 1 heterocycles. The molecule has 0 bridgehead atoms. The quantitative estimate of drug-likeness (QED) is 0.837. The van der Waals surface area contributed by atoms with Gasteiger partial charge in [0, 0.05) is 6.08 Å². The van der Waals surface area contributed by atoms with E-state index in [9.17, 15) is 9.18 Å². The van der Waals surface area contributed by atoms with Crippen molar-refractivity contribution in [1.29, 1.82) is 0 Å². The van der Waals surface area contributed by atoms with Gasteiger partial charge in [-0.1, -0.05) is 12.1 Å². The second-order valence-corrected chi connectivity index (χ2v) is 4.39. The smallest absolute Gasteiger partial charge is 0.244 e. The molecule has 1 aromatic heterocycles. The second-order valence-electron chi connectivity index (χ2n) is 4.39. The van der Waals surface area contributed by atoms with Crippen molar-refractivity contribution in [3.8, 4) is 0 Å². The van der Waals surface area contributed by atoms with Crippen molar-refractivity contribution >= 4 is 11.5 Å². The predicted molar refractivity (Wildman–Crippen MR) is 73.0 cm³/mol. The van der Waals surface area contributed by atoms with E-state index in [-0.39, 0.29) is 18.3 Å². The molecule has 0 aliphatic rings. The lowest BCUT2D eigenvalue weighted by atomic mass is 10.1. The van der Waals surface area contributed by atoms with Crippen LogP contribution in [-0.2, 0) is 11.3 Å². The van der Waals surface area contributed by atoms with E-state index in [2.05, 4.69) is 20.5 Å². The Labute approximate surface area is 115 Å². The fourth-order valence-electron chi connectivity index (χ4n) is 1.70. The zero-order chi connectivity index (χ0) is 14.5. The van der Waals surface area contributed by atoms with E-state index in [1.807, 2.05) is 0 Å². The summed E-state index contributed by atoms with van der Waals surface area (Å²) >= 11 is 0. The van der Waals surface area contributed by atoms with Crippen molar-refractivity contribution in [3.05, 3.63) is 53.4 Å². The molecule has 104 valence electrons. The average Bonchev–Trinajstić information content (AvgIpc) is 2.82. The highest BCUT2D eigenvalue weighted by Gasteiger charge is 2.04. The number of nitrogens with one attached hydrogen (secondary N) is 2. The minimum absolute atomic E-state index is 0.246. The van der Waals surface area contributed by atoms with Gasteiger partial charge in [-0.05, 0) is 37.1 Å². The summed E-state index contributed by atoms with van der Waals surface area (Å²) in [6, 6.07) is 6.11. The van der Waals surface area contributed by atoms with Gasteiger partial charge in [0.25, 0.3) is 0 Å². The summed E-state index contributed by atoms with van der Waals surface area (Å²) in [5.41, 5.74) is 1.36. The third kappa shape index (κ3) is 3.74. The first kappa shape index (κ1) is 13.9. The lowest BCUT2D eigenvalue weighted by Crippen LogP contribution is -2.21. The molecule has 0 unspecified atom stereocenters. The zero-order valence-electron chi connectivity index (χ0n) is 11.3. The van der Waals surface area contributed by atoms with Crippen LogP contribution >= 0.6 is 0 Å². The highest BCUT2D eigenvalue weighted by molar-refractivity contribution is 5.94. The number of hydrogen-bond donors (Lipinski definition) is 2. The van der Waals surface area contributed by atoms with Gasteiger partial charge < -0.3 is 5.32 Å². The van der Waals surface area contributed by atoms with Gasteiger partial charge in [0.15, 0.2) is 5.82 Å². The van der Waals surface area contributed by atoms with Gasteiger partial charge in [0.2, 0.25) is 5.91 Å². The van der Waals surface area contributed by atoms with Crippen molar-refractivity contribution in [3.63, 3.8) is 0 Å². The summed E-state index contributed by atoms with van der Waals surface area (Å²) in [4.78, 5) is 15.8. The van der Waals surface area contributed by atoms with Crippen molar-refractivity contribution in [2.45, 2.75) is 20.4 Å². The zero-order valence-corrected chi connectivity index (χ0v) is 11.3. The molecule has 20 heavy (non-hydrogen) atoms. The molecule has 0 aliphatic heterocycles. The monoisotopic (exact) mass is 274 g/mol. The number of hydrogen-bond acceptors (Lipinski definition) is 3. The average molecular weight is 274 g/mol. The minimum atomic E-state index is -0.327. The van der Waals surface area contributed by atoms with Gasteiger partial charge in [-0.15, -0.1) is 0 Å². The number of rotatable bonds is 4. The summed E-state index contributed by atoms with van der Waals surface area (Å²) in [7, 11) is 0. The fraction of sp³-hybridized carbons (Fsp3) is 0.214. The van der Waals surface area contributed by atoms with Crippen LogP contribution in [0.3, 0.4) is 0 Å². The Morgan fingerprint density at radius 3 is 2.95 bits per heavy atom. The highest BCUT2D eigenvalue weighted by atomic mass is 19.1. The van der Waals surface area contributed by atoms with E-state index in [4.69, 9.17) is 0 Å². The summed E-state index contributed by atoms with van der Waals surface area (Å²) in [6.07, 6.45) is 1.42. The van der Waals surface area contributed by atoms with E-state index in [1.165, 1.54) is 18.2 Å². The van der Waals surface area contributed by atoms with Crippen LogP contribution in [0.2, 0.25) is 0 Å². The largest absolute Gasteiger partial charge is 0.345 e. The standard InChI is InChI=1S/C14H15FN4O/c1-9(11-4-3-5-12(15)7-11)6-14(20)16-8-13-17-10(2)18-19-13/h3-7H,8H2,1-2H3,(H,16,20)(H,17,18,19)/b9-6+. The Morgan fingerprint density at radius 2 is 2.30 bits per heavy atom. The molecule has 2 aromatic rings. The normalized spacial score (nSPS) is 11.4. The fourth-order valence-corrected chi connectivity index (χ4v) is 1.70. The molecule has 2 N–H and O–H groups in total. The number of allylic oxidation sites excluding steroid dienone is 1. The number of amides is 1. The molecule has 2 rings (SSSR count). The van der Waals surface area contributed by atoms with E-state index in [1.54, 1.807) is 26.0 Å². The van der Waals surface area contributed by atoms with E-state index < -0.39 is 0 Å². The van der Waals surface area contributed by atoms with Crippen molar-refractivity contribution in [1.82, 2.24) is 20.5 Å². The Hall–Kier alpha value is -2.50. The Kier molecular flexibility index (Phi) is 4.24. The first-order valence-corrected chi connectivity index (χ1v) is 6.14. The molecule has 0 spiro atoms. The van der Waals surface area contributed by atoms with Crippen molar-refractivity contribution < 1.29 is 9.18 Å². The van der Waals surface area contributed by atoms with E-state index in [0.29, 0.717) is 22.8 Å². The van der Waals surface area contributed by atoms with Crippen LogP contribution in [0, 0.1) is 12.7 Å². The number of aromatic nitrogens is 3. The maximum absolute atomic E-state index is 13.1. The van der Waals surface area contributed by atoms with Gasteiger partial charge in [0.05, 0.1) is 6.54 Å². The molecular formula is C14H15FN4O. The third-order valence-corrected chi connectivity index (χ3v) is 2.69. The first-order valence-electron chi connectivity index (χ1n) is 6.14. The molecule has 0 aliphatic carbocycles. The number of benzene rings is 1. The molecule has 0 fully saturated rings. The van der Waals surface area contributed by atoms with Crippen LogP contribution in [0.1, 0.15) is 24.1 Å². The van der Waals surface area contributed by atoms with E-state index >= 15 is 0 Å². The second kappa shape index (κ2) is 6.10. The maximum Gasteiger partial charge on any atom is 0.244 e. The number of halogens is 1. The predicted octanol–water partition coefficient (Wildman–Crippen LogP) is 1.97. The number of H-pyrrole nitrogens is 1. The van der Waals surface area contributed by atoms with Crippen LogP contribution in [0.4, 0.5) is 4.39 Å². The number of aryl methyl sites for hydroxylation is 1. The maximum atomic E-state index is 13.1. The van der Waals surface area contributed by atoms with Gasteiger partial charge >= 0.3 is 0 Å². The van der Waals surface area contributed by atoms with Crippen LogP contribution in [0.5, 0.6) is 0 Å². The lowest BCUT2D eigenvalue weighted by Gasteiger charge is -2.02. The molecular weight excluding hydrogens is 259 g/mol. The minimum Gasteiger partial charge on any atom is -0.345 e. The van der Waals surface area contributed by atoms with Gasteiger partial charge in [-0.3, -0.25) is 9.89 Å². The van der Waals surface area contributed by atoms with Crippen LogP contribution < -0.4 is 5.32 Å². The highest BCUT2D eigenvalue weighted by Crippen LogP contribution is 2.14. The summed E-state index contributed by atoms with van der Waals surface area (Å²) in [5.74, 6) is 0.620. The molecule has 5 nitrogen and oxygen atoms in total. The Bertz CT molecular complexity index is 648. The van der Waals surface area contributed by atoms with Crippen LogP contribution in [0.25, 0.3) is 5.57 Å². The third-order valence-electron chi connectivity index (χ3n) is 2.69. The topological polar surface area (TPSA) is 70.7 Å². The van der Waals surface area contributed by atoms with Crippen LogP contribution in [0.15, 0.2) is 30.3 Å². The number of aromatic amines is 1. The summed E-state index contributed by atoms with van der Waals surface area (Å²) < 4.78 is 13.1. The summed E-state index contributed by atoms with van der Waals surface area (Å²) in [5, 5.41) is 9.28. The summed E-state index contributed by atoms with van der Waals surface area (Å²) in [6.45, 7) is 3.79.